The van der Waals surface area contributed by atoms with Gasteiger partial charge in [0.25, 0.3) is 0 Å². The number of hydrogen-bond acceptors (Lipinski definition) is 3. The van der Waals surface area contributed by atoms with Crippen LogP contribution in [0.25, 0.3) is 22.4 Å². The zero-order valence-corrected chi connectivity index (χ0v) is 12.2. The van der Waals surface area contributed by atoms with E-state index in [9.17, 15) is 0 Å². The topological polar surface area (TPSA) is 67.6 Å². The molecule has 4 rings (SSSR count). The number of nitrogens with two attached hydrogens (primary N) is 1. The number of H-pyrrole nitrogens is 1. The second-order valence-corrected chi connectivity index (χ2v) is 5.92. The number of aromatic amines is 1. The Morgan fingerprint density at radius 1 is 1.24 bits per heavy atom. The van der Waals surface area contributed by atoms with Gasteiger partial charge in [0.15, 0.2) is 5.82 Å². The highest BCUT2D eigenvalue weighted by Crippen LogP contribution is 2.33. The Morgan fingerprint density at radius 3 is 2.86 bits per heavy atom. The molecular formula is C16H15ClN4. The van der Waals surface area contributed by atoms with Gasteiger partial charge in [-0.1, -0.05) is 11.6 Å². The van der Waals surface area contributed by atoms with Crippen molar-refractivity contribution >= 4 is 22.6 Å². The molecule has 0 amide bonds. The summed E-state index contributed by atoms with van der Waals surface area (Å²) < 4.78 is 0. The molecule has 21 heavy (non-hydrogen) atoms. The molecule has 1 atom stereocenters. The van der Waals surface area contributed by atoms with Crippen LogP contribution in [0.3, 0.4) is 0 Å². The van der Waals surface area contributed by atoms with Crippen LogP contribution in [0.15, 0.2) is 30.5 Å². The molecule has 0 fully saturated rings. The van der Waals surface area contributed by atoms with Gasteiger partial charge in [0.05, 0.1) is 0 Å². The molecular weight excluding hydrogens is 284 g/mol. The monoisotopic (exact) mass is 298 g/mol. The first-order chi connectivity index (χ1) is 10.2. The highest BCUT2D eigenvalue weighted by molar-refractivity contribution is 6.30. The number of rotatable bonds is 1. The summed E-state index contributed by atoms with van der Waals surface area (Å²) in [6.07, 6.45) is 5.10. The zero-order valence-electron chi connectivity index (χ0n) is 11.4. The molecule has 3 N–H and O–H groups in total. The molecule has 1 aliphatic rings. The molecule has 1 unspecified atom stereocenters. The predicted molar refractivity (Wildman–Crippen MR) is 84.2 cm³/mol. The number of aryl methyl sites for hydroxylation is 1. The van der Waals surface area contributed by atoms with Gasteiger partial charge in [-0.15, -0.1) is 0 Å². The van der Waals surface area contributed by atoms with E-state index in [0.29, 0.717) is 10.8 Å². The summed E-state index contributed by atoms with van der Waals surface area (Å²) in [6, 6.07) is 7.64. The lowest BCUT2D eigenvalue weighted by atomic mass is 9.93. The maximum atomic E-state index is 6.18. The molecule has 0 aliphatic heterocycles. The highest BCUT2D eigenvalue weighted by Gasteiger charge is 2.22. The summed E-state index contributed by atoms with van der Waals surface area (Å²) in [5.41, 5.74) is 10.4. The van der Waals surface area contributed by atoms with Crippen LogP contribution in [-0.2, 0) is 6.42 Å². The summed E-state index contributed by atoms with van der Waals surface area (Å²) in [5, 5.41) is 1.80. The van der Waals surface area contributed by atoms with Gasteiger partial charge < -0.3 is 10.7 Å². The van der Waals surface area contributed by atoms with Crippen molar-refractivity contribution in [2.75, 3.05) is 0 Å². The van der Waals surface area contributed by atoms with Gasteiger partial charge in [0.2, 0.25) is 0 Å². The maximum Gasteiger partial charge on any atom is 0.161 e. The molecule has 0 spiro atoms. The summed E-state index contributed by atoms with van der Waals surface area (Å²) >= 11 is 5.92. The molecule has 5 heteroatoms. The lowest BCUT2D eigenvalue weighted by Gasteiger charge is -2.17. The van der Waals surface area contributed by atoms with Gasteiger partial charge in [0, 0.05) is 33.9 Å². The average molecular weight is 299 g/mol. The molecule has 0 bridgehead atoms. The van der Waals surface area contributed by atoms with E-state index in [0.717, 1.165) is 41.6 Å². The van der Waals surface area contributed by atoms with Crippen molar-refractivity contribution < 1.29 is 0 Å². The summed E-state index contributed by atoms with van der Waals surface area (Å²) in [6.45, 7) is 0. The van der Waals surface area contributed by atoms with Gasteiger partial charge in [-0.2, -0.15) is 0 Å². The minimum Gasteiger partial charge on any atom is -0.341 e. The lowest BCUT2D eigenvalue weighted by Crippen LogP contribution is -2.16. The quantitative estimate of drug-likeness (QED) is 0.721. The first-order valence-electron chi connectivity index (χ1n) is 7.11. The number of hydrogen-bond donors (Lipinski definition) is 2. The molecule has 2 aromatic heterocycles. The maximum absolute atomic E-state index is 6.18. The van der Waals surface area contributed by atoms with E-state index in [2.05, 4.69) is 15.0 Å². The molecule has 0 radical (unpaired) electrons. The molecule has 0 saturated carbocycles. The first-order valence-corrected chi connectivity index (χ1v) is 7.49. The third kappa shape index (κ3) is 2.11. The number of benzene rings is 1. The molecule has 1 aromatic carbocycles. The fourth-order valence-electron chi connectivity index (χ4n) is 3.01. The second kappa shape index (κ2) is 4.83. The van der Waals surface area contributed by atoms with Crippen LogP contribution in [-0.4, -0.2) is 15.0 Å². The summed E-state index contributed by atoms with van der Waals surface area (Å²) in [5.74, 6) is 0.700. The molecule has 0 saturated heterocycles. The fraction of sp³-hybridized carbons (Fsp3) is 0.250. The second-order valence-electron chi connectivity index (χ2n) is 5.48. The van der Waals surface area contributed by atoms with Gasteiger partial charge >= 0.3 is 0 Å². The van der Waals surface area contributed by atoms with Gasteiger partial charge in [-0.05, 0) is 49.1 Å². The van der Waals surface area contributed by atoms with E-state index in [1.54, 1.807) is 0 Å². The minimum absolute atomic E-state index is 0.0851. The van der Waals surface area contributed by atoms with Crippen molar-refractivity contribution in [3.63, 3.8) is 0 Å². The van der Waals surface area contributed by atoms with Gasteiger partial charge in [-0.3, -0.25) is 0 Å². The minimum atomic E-state index is 0.0851. The number of nitrogens with one attached hydrogen (secondary N) is 1. The third-order valence-electron chi connectivity index (χ3n) is 4.11. The van der Waals surface area contributed by atoms with E-state index in [4.69, 9.17) is 17.3 Å². The van der Waals surface area contributed by atoms with Crippen molar-refractivity contribution in [3.05, 3.63) is 46.7 Å². The van der Waals surface area contributed by atoms with Gasteiger partial charge in [-0.25, -0.2) is 9.97 Å². The first kappa shape index (κ1) is 12.8. The van der Waals surface area contributed by atoms with E-state index in [1.165, 1.54) is 5.56 Å². The van der Waals surface area contributed by atoms with E-state index < -0.39 is 0 Å². The zero-order chi connectivity index (χ0) is 14.4. The Morgan fingerprint density at radius 2 is 2.05 bits per heavy atom. The van der Waals surface area contributed by atoms with Crippen molar-refractivity contribution in [3.8, 4) is 11.4 Å². The Hall–Kier alpha value is -1.91. The van der Waals surface area contributed by atoms with Crippen LogP contribution in [0, 0.1) is 0 Å². The van der Waals surface area contributed by atoms with Crippen molar-refractivity contribution in [1.82, 2.24) is 15.0 Å². The summed E-state index contributed by atoms with van der Waals surface area (Å²) in [4.78, 5) is 12.5. The van der Waals surface area contributed by atoms with Crippen LogP contribution in [0.4, 0.5) is 0 Å². The summed E-state index contributed by atoms with van der Waals surface area (Å²) in [7, 11) is 0. The van der Waals surface area contributed by atoms with Crippen LogP contribution >= 0.6 is 11.6 Å². The Kier molecular flexibility index (Phi) is 2.94. The van der Waals surface area contributed by atoms with Crippen LogP contribution in [0.2, 0.25) is 5.02 Å². The smallest absolute Gasteiger partial charge is 0.161 e. The van der Waals surface area contributed by atoms with E-state index >= 15 is 0 Å². The molecule has 106 valence electrons. The fourth-order valence-corrected chi connectivity index (χ4v) is 3.14. The third-order valence-corrected chi connectivity index (χ3v) is 4.36. The SMILES string of the molecule is NC1CCCc2c1[nH]c1nc(-c3ccc(Cl)cc3)ncc21. The number of nitrogens with zero attached hydrogens (tertiary/aromatic N) is 2. The Labute approximate surface area is 127 Å². The van der Waals surface area contributed by atoms with Crippen LogP contribution < -0.4 is 5.73 Å². The van der Waals surface area contributed by atoms with Crippen LogP contribution in [0.1, 0.15) is 30.1 Å². The normalized spacial score (nSPS) is 17.9. The Bertz CT molecular complexity index is 807. The molecule has 3 aromatic rings. The largest absolute Gasteiger partial charge is 0.341 e. The van der Waals surface area contributed by atoms with Crippen molar-refractivity contribution in [2.24, 2.45) is 5.73 Å². The van der Waals surface area contributed by atoms with E-state index in [1.807, 2.05) is 30.5 Å². The van der Waals surface area contributed by atoms with Crippen molar-refractivity contribution in [2.45, 2.75) is 25.3 Å². The highest BCUT2D eigenvalue weighted by atomic mass is 35.5. The standard InChI is InChI=1S/C16H15ClN4/c17-10-6-4-9(5-7-10)15-19-8-12-11-2-1-3-13(18)14(11)20-16(12)21-15/h4-8,13H,1-3,18H2,(H,19,20,21). The molecule has 1 aliphatic carbocycles. The number of aromatic nitrogens is 3. The Balaban J connectivity index is 1.85. The number of halogens is 1. The van der Waals surface area contributed by atoms with Gasteiger partial charge in [0.1, 0.15) is 5.65 Å². The van der Waals surface area contributed by atoms with Crippen LogP contribution in [0.5, 0.6) is 0 Å². The predicted octanol–water partition coefficient (Wildman–Crippen LogP) is 3.61. The lowest BCUT2D eigenvalue weighted by molar-refractivity contribution is 0.562. The van der Waals surface area contributed by atoms with E-state index in [-0.39, 0.29) is 6.04 Å². The number of fused-ring (bicyclic) bond motifs is 3. The average Bonchev–Trinajstić information content (AvgIpc) is 2.87. The van der Waals surface area contributed by atoms with Crippen molar-refractivity contribution in [1.29, 1.82) is 0 Å². The molecule has 4 nitrogen and oxygen atoms in total. The molecule has 2 heterocycles.